The van der Waals surface area contributed by atoms with Crippen LogP contribution in [0.25, 0.3) is 17.5 Å². The van der Waals surface area contributed by atoms with Gasteiger partial charge in [-0.25, -0.2) is 5.43 Å². The van der Waals surface area contributed by atoms with Crippen LogP contribution in [-0.2, 0) is 16.8 Å². The van der Waals surface area contributed by atoms with E-state index in [9.17, 15) is 4.79 Å². The Balaban J connectivity index is 1.57. The zero-order valence-corrected chi connectivity index (χ0v) is 19.0. The van der Waals surface area contributed by atoms with Gasteiger partial charge in [-0.1, -0.05) is 56.8 Å². The fourth-order valence-corrected chi connectivity index (χ4v) is 3.65. The zero-order valence-electron chi connectivity index (χ0n) is 18.2. The van der Waals surface area contributed by atoms with Crippen LogP contribution < -0.4 is 5.43 Å². The van der Waals surface area contributed by atoms with Gasteiger partial charge in [-0.05, 0) is 42.2 Å². The first kappa shape index (κ1) is 22.6. The van der Waals surface area contributed by atoms with Crippen molar-refractivity contribution in [1.82, 2.24) is 20.2 Å². The van der Waals surface area contributed by atoms with Crippen molar-refractivity contribution in [3.05, 3.63) is 60.1 Å². The number of amides is 1. The Kier molecular flexibility index (Phi) is 7.46. The van der Waals surface area contributed by atoms with Crippen molar-refractivity contribution in [3.63, 3.8) is 0 Å². The normalized spacial score (nSPS) is 12.1. The summed E-state index contributed by atoms with van der Waals surface area (Å²) >= 11 is 1.33. The second-order valence-electron chi connectivity index (χ2n) is 7.85. The number of carbonyl (C=O) groups excluding carboxylic acids is 1. The number of nitrogens with zero attached hydrogens (tertiary/aromatic N) is 4. The molecular formula is C23H27N5O2S. The van der Waals surface area contributed by atoms with Crippen LogP contribution in [-0.4, -0.2) is 32.6 Å². The van der Waals surface area contributed by atoms with E-state index in [0.29, 0.717) is 11.7 Å². The molecule has 0 spiro atoms. The Morgan fingerprint density at radius 3 is 2.65 bits per heavy atom. The summed E-state index contributed by atoms with van der Waals surface area (Å²) in [5.74, 6) is 1.50. The summed E-state index contributed by atoms with van der Waals surface area (Å²) in [4.78, 5) is 12.1. The van der Waals surface area contributed by atoms with E-state index in [-0.39, 0.29) is 17.1 Å². The molecule has 1 N–H and O–H groups in total. The smallest absolute Gasteiger partial charge is 0.250 e. The Morgan fingerprint density at radius 2 is 2.00 bits per heavy atom. The predicted octanol–water partition coefficient (Wildman–Crippen LogP) is 4.76. The highest BCUT2D eigenvalue weighted by Crippen LogP contribution is 2.27. The van der Waals surface area contributed by atoms with Crippen LogP contribution in [0.15, 0.2) is 63.4 Å². The number of thioether (sulfide) groups is 1. The highest BCUT2D eigenvalue weighted by Gasteiger charge is 2.17. The predicted molar refractivity (Wildman–Crippen MR) is 125 cm³/mol. The van der Waals surface area contributed by atoms with Gasteiger partial charge in [0.25, 0.3) is 5.91 Å². The van der Waals surface area contributed by atoms with E-state index in [2.05, 4.69) is 65.8 Å². The lowest BCUT2D eigenvalue weighted by Crippen LogP contribution is -2.19. The van der Waals surface area contributed by atoms with Crippen molar-refractivity contribution in [3.8, 4) is 11.4 Å². The van der Waals surface area contributed by atoms with Crippen molar-refractivity contribution < 1.29 is 9.21 Å². The van der Waals surface area contributed by atoms with Crippen LogP contribution in [0, 0.1) is 0 Å². The third-order valence-electron chi connectivity index (χ3n) is 4.53. The van der Waals surface area contributed by atoms with Crippen LogP contribution in [0.2, 0.25) is 0 Å². The monoisotopic (exact) mass is 437 g/mol. The third-order valence-corrected chi connectivity index (χ3v) is 5.49. The van der Waals surface area contributed by atoms with E-state index < -0.39 is 0 Å². The number of benzene rings is 1. The largest absolute Gasteiger partial charge is 0.465 e. The molecule has 1 amide bonds. The molecule has 3 rings (SSSR count). The molecule has 0 aliphatic heterocycles. The fraction of sp³-hybridized carbons (Fsp3) is 0.304. The number of hydrogen-bond donors (Lipinski definition) is 1. The average molecular weight is 438 g/mol. The molecule has 31 heavy (non-hydrogen) atoms. The highest BCUT2D eigenvalue weighted by molar-refractivity contribution is 7.99. The van der Waals surface area contributed by atoms with Crippen molar-refractivity contribution in [1.29, 1.82) is 0 Å². The standard InChI is InChI=1S/C23H27N5O2S/c1-5-28-21(17-10-12-18(13-11-17)23(2,3)4)26-27-22(28)31-16-20(29)25-24-14-6-8-19-9-7-15-30-19/h6-15H,5,16H2,1-4H3,(H,25,29)/b8-6+,24-14-. The lowest BCUT2D eigenvalue weighted by atomic mass is 9.87. The summed E-state index contributed by atoms with van der Waals surface area (Å²) in [6.07, 6.45) is 6.54. The first-order valence-corrected chi connectivity index (χ1v) is 11.1. The zero-order chi connectivity index (χ0) is 22.3. The van der Waals surface area contributed by atoms with Crippen molar-refractivity contribution >= 4 is 30.0 Å². The molecule has 0 atom stereocenters. The van der Waals surface area contributed by atoms with Crippen LogP contribution >= 0.6 is 11.8 Å². The average Bonchev–Trinajstić information content (AvgIpc) is 3.41. The number of furan rings is 1. The van der Waals surface area contributed by atoms with E-state index in [1.54, 1.807) is 24.5 Å². The van der Waals surface area contributed by atoms with Gasteiger partial charge in [-0.15, -0.1) is 10.2 Å². The van der Waals surface area contributed by atoms with E-state index in [4.69, 9.17) is 4.42 Å². The van der Waals surface area contributed by atoms with Gasteiger partial charge < -0.3 is 8.98 Å². The molecule has 0 radical (unpaired) electrons. The summed E-state index contributed by atoms with van der Waals surface area (Å²) in [7, 11) is 0. The van der Waals surface area contributed by atoms with Gasteiger partial charge in [0.05, 0.1) is 12.0 Å². The minimum Gasteiger partial charge on any atom is -0.465 e. The third kappa shape index (κ3) is 6.18. The quantitative estimate of drug-likeness (QED) is 0.312. The maximum absolute atomic E-state index is 12.1. The Bertz CT molecular complexity index is 1040. The number of nitrogens with one attached hydrogen (secondary N) is 1. The molecule has 3 aromatic rings. The molecule has 0 unspecified atom stereocenters. The molecule has 0 aliphatic carbocycles. The molecule has 2 aromatic heterocycles. The maximum atomic E-state index is 12.1. The number of carbonyl (C=O) groups is 1. The SMILES string of the molecule is CCn1c(SCC(=O)N/N=C\C=C\c2ccco2)nnc1-c1ccc(C(C)(C)C)cc1. The van der Waals surface area contributed by atoms with Gasteiger partial charge in [0.2, 0.25) is 0 Å². The van der Waals surface area contributed by atoms with Crippen LogP contribution in [0.4, 0.5) is 0 Å². The van der Waals surface area contributed by atoms with Crippen molar-refractivity contribution in [2.45, 2.75) is 44.8 Å². The summed E-state index contributed by atoms with van der Waals surface area (Å²) < 4.78 is 7.18. The lowest BCUT2D eigenvalue weighted by Gasteiger charge is -2.19. The first-order chi connectivity index (χ1) is 14.9. The Hall–Kier alpha value is -3.13. The number of hydrazone groups is 1. The van der Waals surface area contributed by atoms with E-state index >= 15 is 0 Å². The minimum absolute atomic E-state index is 0.0996. The van der Waals surface area contributed by atoms with Crippen LogP contribution in [0.1, 0.15) is 39.0 Å². The second-order valence-corrected chi connectivity index (χ2v) is 8.80. The van der Waals surface area contributed by atoms with Crippen LogP contribution in [0.3, 0.4) is 0 Å². The molecule has 1 aromatic carbocycles. The van der Waals surface area contributed by atoms with Gasteiger partial charge in [-0.3, -0.25) is 4.79 Å². The summed E-state index contributed by atoms with van der Waals surface area (Å²) in [5.41, 5.74) is 4.87. The van der Waals surface area contributed by atoms with Gasteiger partial charge >= 0.3 is 0 Å². The first-order valence-electron chi connectivity index (χ1n) is 10.1. The van der Waals surface area contributed by atoms with E-state index in [1.165, 1.54) is 23.5 Å². The molecule has 8 heteroatoms. The van der Waals surface area contributed by atoms with Gasteiger partial charge in [0.1, 0.15) is 5.76 Å². The Morgan fingerprint density at radius 1 is 1.23 bits per heavy atom. The van der Waals surface area contributed by atoms with Gasteiger partial charge in [-0.2, -0.15) is 5.10 Å². The highest BCUT2D eigenvalue weighted by atomic mass is 32.2. The van der Waals surface area contributed by atoms with Gasteiger partial charge in [0, 0.05) is 18.3 Å². The second kappa shape index (κ2) is 10.3. The number of aromatic nitrogens is 3. The molecule has 2 heterocycles. The van der Waals surface area contributed by atoms with Crippen molar-refractivity contribution in [2.75, 3.05) is 5.75 Å². The number of hydrogen-bond acceptors (Lipinski definition) is 6. The lowest BCUT2D eigenvalue weighted by molar-refractivity contribution is -0.118. The number of allylic oxidation sites excluding steroid dienone is 1. The molecule has 0 saturated heterocycles. The molecule has 0 bridgehead atoms. The molecule has 162 valence electrons. The molecule has 7 nitrogen and oxygen atoms in total. The van der Waals surface area contributed by atoms with E-state index in [1.807, 2.05) is 17.6 Å². The van der Waals surface area contributed by atoms with Crippen LogP contribution in [0.5, 0.6) is 0 Å². The van der Waals surface area contributed by atoms with Crippen molar-refractivity contribution in [2.24, 2.45) is 5.10 Å². The summed E-state index contributed by atoms with van der Waals surface area (Å²) in [6, 6.07) is 12.0. The van der Waals surface area contributed by atoms with Gasteiger partial charge in [0.15, 0.2) is 11.0 Å². The topological polar surface area (TPSA) is 85.3 Å². The molecular weight excluding hydrogens is 410 g/mol. The summed E-state index contributed by atoms with van der Waals surface area (Å²) in [6.45, 7) is 9.32. The van der Waals surface area contributed by atoms with E-state index in [0.717, 1.165) is 17.1 Å². The molecule has 0 aliphatic rings. The summed E-state index contributed by atoms with van der Waals surface area (Å²) in [5, 5.41) is 13.2. The Labute approximate surface area is 186 Å². The number of rotatable bonds is 8. The maximum Gasteiger partial charge on any atom is 0.250 e. The molecule has 0 saturated carbocycles. The fourth-order valence-electron chi connectivity index (χ4n) is 2.85. The minimum atomic E-state index is -0.214. The molecule has 0 fully saturated rings.